The van der Waals surface area contributed by atoms with Crippen LogP contribution in [-0.2, 0) is 18.8 Å². The zero-order valence-electron chi connectivity index (χ0n) is 15.9. The number of nitrogens with zero attached hydrogens (tertiary/aromatic N) is 3. The van der Waals surface area contributed by atoms with Gasteiger partial charge in [-0.2, -0.15) is 0 Å². The maximum absolute atomic E-state index is 12.5. The van der Waals surface area contributed by atoms with E-state index in [0.29, 0.717) is 18.9 Å². The second-order valence-electron chi connectivity index (χ2n) is 7.51. The van der Waals surface area contributed by atoms with Gasteiger partial charge in [0, 0.05) is 19.8 Å². The summed E-state index contributed by atoms with van der Waals surface area (Å²) in [6, 6.07) is 5.48. The molecule has 0 unspecified atom stereocenters. The van der Waals surface area contributed by atoms with E-state index in [-0.39, 0.29) is 23.8 Å². The number of amides is 2. The van der Waals surface area contributed by atoms with Gasteiger partial charge in [0.15, 0.2) is 0 Å². The quantitative estimate of drug-likeness (QED) is 0.849. The van der Waals surface area contributed by atoms with Crippen molar-refractivity contribution in [3.63, 3.8) is 0 Å². The Morgan fingerprint density at radius 1 is 1.07 bits per heavy atom. The fraction of sp³-hybridized carbons (Fsp3) is 0.579. The zero-order chi connectivity index (χ0) is 19.0. The maximum atomic E-state index is 12.5. The lowest BCUT2D eigenvalue weighted by molar-refractivity contribution is 0.125. The van der Waals surface area contributed by atoms with Gasteiger partial charge in [0.05, 0.1) is 36.3 Å². The number of anilines is 1. The number of imidazole rings is 1. The van der Waals surface area contributed by atoms with Crippen molar-refractivity contribution in [2.24, 2.45) is 14.1 Å². The van der Waals surface area contributed by atoms with Crippen LogP contribution in [0.1, 0.15) is 19.3 Å². The first kappa shape index (κ1) is 18.1. The van der Waals surface area contributed by atoms with Crippen LogP contribution in [0.5, 0.6) is 0 Å². The largest absolute Gasteiger partial charge is 0.378 e. The second-order valence-corrected chi connectivity index (χ2v) is 7.51. The highest BCUT2D eigenvalue weighted by molar-refractivity contribution is 5.92. The molecule has 8 heteroatoms. The Labute approximate surface area is 158 Å². The molecule has 8 nitrogen and oxygen atoms in total. The maximum Gasteiger partial charge on any atom is 0.328 e. The molecule has 4 rings (SSSR count). The molecule has 2 atom stereocenters. The van der Waals surface area contributed by atoms with Gasteiger partial charge in [-0.1, -0.05) is 6.42 Å². The lowest BCUT2D eigenvalue weighted by Crippen LogP contribution is -2.53. The molecule has 2 amide bonds. The second kappa shape index (κ2) is 7.36. The number of piperidine rings is 1. The Kier molecular flexibility index (Phi) is 4.92. The molecule has 0 saturated carbocycles. The molecule has 0 bridgehead atoms. The molecule has 0 radical (unpaired) electrons. The van der Waals surface area contributed by atoms with Crippen LogP contribution in [0.25, 0.3) is 11.0 Å². The number of likely N-dealkylation sites (tertiary alicyclic amines) is 1. The minimum Gasteiger partial charge on any atom is -0.378 e. The number of carbonyl (C=O) groups excluding carboxylic acids is 1. The minimum atomic E-state index is -0.243. The van der Waals surface area contributed by atoms with Crippen molar-refractivity contribution in [3.8, 4) is 0 Å². The Bertz CT molecular complexity index is 897. The molecule has 2 fully saturated rings. The first-order valence-electron chi connectivity index (χ1n) is 9.59. The normalized spacial score (nSPS) is 23.6. The third-order valence-electron chi connectivity index (χ3n) is 5.76. The van der Waals surface area contributed by atoms with Crippen LogP contribution in [0.15, 0.2) is 23.0 Å². The third-order valence-corrected chi connectivity index (χ3v) is 5.76. The number of rotatable bonds is 3. The predicted molar refractivity (Wildman–Crippen MR) is 104 cm³/mol. The van der Waals surface area contributed by atoms with E-state index in [1.807, 2.05) is 18.2 Å². The van der Waals surface area contributed by atoms with Crippen molar-refractivity contribution >= 4 is 22.8 Å². The van der Waals surface area contributed by atoms with E-state index in [1.54, 1.807) is 23.2 Å². The summed E-state index contributed by atoms with van der Waals surface area (Å²) >= 11 is 0. The van der Waals surface area contributed by atoms with E-state index < -0.39 is 0 Å². The summed E-state index contributed by atoms with van der Waals surface area (Å²) in [5.74, 6) is 0. The Morgan fingerprint density at radius 3 is 2.59 bits per heavy atom. The van der Waals surface area contributed by atoms with E-state index in [2.05, 4.69) is 15.5 Å². The van der Waals surface area contributed by atoms with Gasteiger partial charge in [0.25, 0.3) is 0 Å². The van der Waals surface area contributed by atoms with E-state index in [9.17, 15) is 9.59 Å². The first-order chi connectivity index (χ1) is 13.0. The summed E-state index contributed by atoms with van der Waals surface area (Å²) < 4.78 is 8.81. The van der Waals surface area contributed by atoms with Crippen molar-refractivity contribution in [2.45, 2.75) is 31.3 Å². The van der Waals surface area contributed by atoms with Crippen LogP contribution in [0.3, 0.4) is 0 Å². The van der Waals surface area contributed by atoms with E-state index >= 15 is 0 Å². The van der Waals surface area contributed by atoms with Crippen LogP contribution >= 0.6 is 0 Å². The van der Waals surface area contributed by atoms with Crippen molar-refractivity contribution < 1.29 is 9.53 Å². The Balaban J connectivity index is 1.43. The van der Waals surface area contributed by atoms with E-state index in [4.69, 9.17) is 4.74 Å². The number of hydrogen-bond acceptors (Lipinski definition) is 4. The van der Waals surface area contributed by atoms with Gasteiger partial charge in [-0.05, 0) is 44.1 Å². The molecule has 146 valence electrons. The van der Waals surface area contributed by atoms with Crippen molar-refractivity contribution in [1.82, 2.24) is 19.4 Å². The lowest BCUT2D eigenvalue weighted by atomic mass is 10.1. The number of aryl methyl sites for hydroxylation is 2. The van der Waals surface area contributed by atoms with E-state index in [0.717, 1.165) is 24.1 Å². The molecule has 2 aliphatic rings. The Hall–Kier alpha value is -2.32. The summed E-state index contributed by atoms with van der Waals surface area (Å²) in [7, 11) is 3.47. The van der Waals surface area contributed by atoms with Crippen LogP contribution in [-0.4, -0.2) is 58.5 Å². The molecular formula is C19H27N5O3. The molecule has 27 heavy (non-hydrogen) atoms. The van der Waals surface area contributed by atoms with Gasteiger partial charge in [-0.25, -0.2) is 9.59 Å². The SMILES string of the molecule is Cn1c(=O)n(C)c2cc(NC(=O)N[C@H]3COC[C@@H]3N3CCCCC3)ccc21. The molecule has 2 aromatic rings. The summed E-state index contributed by atoms with van der Waals surface area (Å²) in [6.45, 7) is 3.36. The highest BCUT2D eigenvalue weighted by Crippen LogP contribution is 2.20. The van der Waals surface area contributed by atoms with Crippen molar-refractivity contribution in [3.05, 3.63) is 28.7 Å². The molecule has 2 aliphatic heterocycles. The number of benzene rings is 1. The van der Waals surface area contributed by atoms with Gasteiger partial charge >= 0.3 is 11.7 Å². The number of nitrogens with one attached hydrogen (secondary N) is 2. The summed E-state index contributed by atoms with van der Waals surface area (Å²) in [5.41, 5.74) is 2.20. The number of ether oxygens (including phenoxy) is 1. The van der Waals surface area contributed by atoms with Gasteiger partial charge in [0.2, 0.25) is 0 Å². The first-order valence-corrected chi connectivity index (χ1v) is 9.59. The van der Waals surface area contributed by atoms with Gasteiger partial charge < -0.3 is 15.4 Å². The molecule has 2 saturated heterocycles. The number of hydrogen-bond donors (Lipinski definition) is 2. The fourth-order valence-electron chi connectivity index (χ4n) is 4.21. The number of fused-ring (bicyclic) bond motifs is 1. The van der Waals surface area contributed by atoms with Gasteiger partial charge in [-0.15, -0.1) is 0 Å². The highest BCUT2D eigenvalue weighted by atomic mass is 16.5. The fourth-order valence-corrected chi connectivity index (χ4v) is 4.21. The Morgan fingerprint density at radius 2 is 1.81 bits per heavy atom. The number of aromatic nitrogens is 2. The monoisotopic (exact) mass is 373 g/mol. The van der Waals surface area contributed by atoms with Crippen LogP contribution in [0, 0.1) is 0 Å². The predicted octanol–water partition coefficient (Wildman–Crippen LogP) is 1.25. The van der Waals surface area contributed by atoms with Gasteiger partial charge in [0.1, 0.15) is 0 Å². The van der Waals surface area contributed by atoms with Crippen LogP contribution in [0.4, 0.5) is 10.5 Å². The smallest absolute Gasteiger partial charge is 0.328 e. The number of carbonyl (C=O) groups is 1. The van der Waals surface area contributed by atoms with E-state index in [1.165, 1.54) is 19.3 Å². The number of urea groups is 1. The van der Waals surface area contributed by atoms with Crippen LogP contribution in [0.2, 0.25) is 0 Å². The summed E-state index contributed by atoms with van der Waals surface area (Å²) in [5, 5.41) is 5.96. The van der Waals surface area contributed by atoms with Crippen molar-refractivity contribution in [1.29, 1.82) is 0 Å². The molecule has 1 aromatic carbocycles. The molecule has 0 aliphatic carbocycles. The summed E-state index contributed by atoms with van der Waals surface area (Å²) in [6.07, 6.45) is 3.71. The molecule has 0 spiro atoms. The minimum absolute atomic E-state index is 0.00656. The van der Waals surface area contributed by atoms with Crippen LogP contribution < -0.4 is 16.3 Å². The lowest BCUT2D eigenvalue weighted by Gasteiger charge is -2.34. The standard InChI is InChI=1S/C19H27N5O3/c1-22-15-7-6-13(10-16(15)23(2)19(22)26)20-18(25)21-14-11-27-12-17(14)24-8-4-3-5-9-24/h6-7,10,14,17H,3-5,8-9,11-12H2,1-2H3,(H2,20,21,25)/t14-,17-/m0/s1. The van der Waals surface area contributed by atoms with Crippen molar-refractivity contribution in [2.75, 3.05) is 31.6 Å². The topological polar surface area (TPSA) is 80.5 Å². The summed E-state index contributed by atoms with van der Waals surface area (Å²) in [4.78, 5) is 27.0. The average molecular weight is 373 g/mol. The molecular weight excluding hydrogens is 346 g/mol. The molecule has 2 N–H and O–H groups in total. The van der Waals surface area contributed by atoms with Gasteiger partial charge in [-0.3, -0.25) is 14.0 Å². The zero-order valence-corrected chi connectivity index (χ0v) is 15.9. The third kappa shape index (κ3) is 3.46. The highest BCUT2D eigenvalue weighted by Gasteiger charge is 2.34. The average Bonchev–Trinajstić information content (AvgIpc) is 3.22. The molecule has 3 heterocycles. The molecule has 1 aromatic heterocycles.